The van der Waals surface area contributed by atoms with E-state index in [1.807, 2.05) is 30.5 Å². The van der Waals surface area contributed by atoms with Crippen LogP contribution in [0.2, 0.25) is 0 Å². The number of aromatic nitrogens is 1. The summed E-state index contributed by atoms with van der Waals surface area (Å²) >= 11 is 1.52. The molecule has 0 aliphatic carbocycles. The van der Waals surface area contributed by atoms with Gasteiger partial charge in [0.05, 0.1) is 18.2 Å². The van der Waals surface area contributed by atoms with Gasteiger partial charge in [0.1, 0.15) is 23.5 Å². The van der Waals surface area contributed by atoms with Crippen LogP contribution in [0.25, 0.3) is 21.3 Å². The highest BCUT2D eigenvalue weighted by Crippen LogP contribution is 2.29. The summed E-state index contributed by atoms with van der Waals surface area (Å²) in [6, 6.07) is 14.4. The predicted octanol–water partition coefficient (Wildman–Crippen LogP) is 4.41. The molecule has 0 spiro atoms. The molecule has 0 fully saturated rings. The van der Waals surface area contributed by atoms with Crippen molar-refractivity contribution in [2.75, 3.05) is 7.11 Å². The van der Waals surface area contributed by atoms with E-state index in [4.69, 9.17) is 4.74 Å². The number of aliphatic carboxylic acids is 1. The highest BCUT2D eigenvalue weighted by Gasteiger charge is 2.28. The number of hydrogen-bond acceptors (Lipinski definition) is 8. The van der Waals surface area contributed by atoms with Gasteiger partial charge in [0.2, 0.25) is 0 Å². The van der Waals surface area contributed by atoms with E-state index in [0.29, 0.717) is 22.9 Å². The number of nitrogens with zero attached hydrogens (tertiary/aromatic N) is 1. The number of carbonyl (C=O) groups is 4. The molecule has 4 aromatic rings. The summed E-state index contributed by atoms with van der Waals surface area (Å²) < 4.78 is 4.88. The number of pyridine rings is 1. The Morgan fingerprint density at radius 3 is 2.36 bits per heavy atom. The number of phenolic OH excluding ortho intramolecular Hbond substituents is 1. The number of carboxylic acids is 1. The fourth-order valence-electron chi connectivity index (χ4n) is 4.46. The molecule has 3 atom stereocenters. The first-order chi connectivity index (χ1) is 20.1. The lowest BCUT2D eigenvalue weighted by atomic mass is 9.98. The number of ether oxygens (including phenoxy) is 1. The van der Waals surface area contributed by atoms with Crippen molar-refractivity contribution in [2.24, 2.45) is 5.92 Å². The van der Waals surface area contributed by atoms with Gasteiger partial charge in [0.25, 0.3) is 11.8 Å². The first-order valence-corrected chi connectivity index (χ1v) is 14.2. The number of carboxylic acid groups (broad SMARTS) is 1. The largest absolute Gasteiger partial charge is 0.508 e. The first kappa shape index (κ1) is 30.2. The van der Waals surface area contributed by atoms with Crippen molar-refractivity contribution in [1.82, 2.24) is 15.6 Å². The van der Waals surface area contributed by atoms with E-state index < -0.39 is 35.8 Å². The molecule has 4 N–H and O–H groups in total. The zero-order valence-corrected chi connectivity index (χ0v) is 24.1. The summed E-state index contributed by atoms with van der Waals surface area (Å²) in [5.74, 6) is -3.52. The van der Waals surface area contributed by atoms with Crippen molar-refractivity contribution in [3.8, 4) is 16.2 Å². The van der Waals surface area contributed by atoms with Crippen LogP contribution in [0.15, 0.2) is 66.0 Å². The number of aromatic hydroxyl groups is 1. The number of thiophene rings is 1. The molecular formula is C31H31N3O7S. The quantitative estimate of drug-likeness (QED) is 0.188. The van der Waals surface area contributed by atoms with Crippen molar-refractivity contribution >= 4 is 46.0 Å². The normalized spacial score (nSPS) is 13.1. The molecule has 2 amide bonds. The van der Waals surface area contributed by atoms with Gasteiger partial charge in [-0.2, -0.15) is 0 Å². The van der Waals surface area contributed by atoms with E-state index in [0.717, 1.165) is 10.4 Å². The van der Waals surface area contributed by atoms with E-state index in [9.17, 15) is 29.4 Å². The van der Waals surface area contributed by atoms with Crippen LogP contribution in [0.1, 0.15) is 46.7 Å². The molecule has 10 nitrogen and oxygen atoms in total. The van der Waals surface area contributed by atoms with Crippen LogP contribution in [-0.4, -0.2) is 58.1 Å². The first-order valence-electron chi connectivity index (χ1n) is 13.3. The number of rotatable bonds is 11. The number of carbonyl (C=O) groups excluding carboxylic acids is 3. The lowest BCUT2D eigenvalue weighted by Gasteiger charge is -2.21. The molecule has 2 aromatic carbocycles. The van der Waals surface area contributed by atoms with Crippen LogP contribution >= 0.6 is 11.3 Å². The van der Waals surface area contributed by atoms with Crippen molar-refractivity contribution in [3.63, 3.8) is 0 Å². The van der Waals surface area contributed by atoms with Crippen LogP contribution in [0.3, 0.4) is 0 Å². The van der Waals surface area contributed by atoms with Crippen molar-refractivity contribution in [3.05, 3.63) is 82.9 Å². The molecule has 0 bridgehead atoms. The Hall–Kier alpha value is -4.77. The van der Waals surface area contributed by atoms with Crippen LogP contribution in [0.4, 0.5) is 0 Å². The third-order valence-corrected chi connectivity index (χ3v) is 7.94. The van der Waals surface area contributed by atoms with E-state index in [1.54, 1.807) is 31.2 Å². The number of phenols is 1. The van der Waals surface area contributed by atoms with Gasteiger partial charge in [0.15, 0.2) is 0 Å². The van der Waals surface area contributed by atoms with Crippen LogP contribution < -0.4 is 10.6 Å². The maximum atomic E-state index is 13.6. The third-order valence-electron chi connectivity index (χ3n) is 7.02. The molecule has 0 radical (unpaired) electrons. The van der Waals surface area contributed by atoms with E-state index in [2.05, 4.69) is 15.6 Å². The molecular weight excluding hydrogens is 558 g/mol. The number of benzene rings is 2. The Morgan fingerprint density at radius 1 is 1.00 bits per heavy atom. The Bertz CT molecular complexity index is 1600. The highest BCUT2D eigenvalue weighted by atomic mass is 32.1. The van der Waals surface area contributed by atoms with Crippen LogP contribution in [0.5, 0.6) is 5.75 Å². The molecule has 0 aliphatic heterocycles. The second-order valence-electron chi connectivity index (χ2n) is 9.86. The number of fused-ring (bicyclic) bond motifs is 1. The minimum atomic E-state index is -1.16. The fraction of sp³-hybridized carbons (Fsp3) is 0.258. The fourth-order valence-corrected chi connectivity index (χ4v) is 5.19. The van der Waals surface area contributed by atoms with Gasteiger partial charge in [-0.1, -0.05) is 44.5 Å². The van der Waals surface area contributed by atoms with Gasteiger partial charge in [-0.15, -0.1) is 11.3 Å². The van der Waals surface area contributed by atoms with Gasteiger partial charge < -0.3 is 25.6 Å². The summed E-state index contributed by atoms with van der Waals surface area (Å²) in [7, 11) is 1.20. The lowest BCUT2D eigenvalue weighted by Crippen LogP contribution is -2.45. The Kier molecular flexibility index (Phi) is 9.53. The van der Waals surface area contributed by atoms with Gasteiger partial charge in [-0.3, -0.25) is 9.59 Å². The van der Waals surface area contributed by atoms with E-state index in [1.165, 1.54) is 36.6 Å². The molecule has 2 unspecified atom stereocenters. The summed E-state index contributed by atoms with van der Waals surface area (Å²) in [5.41, 5.74) is 1.79. The van der Waals surface area contributed by atoms with Gasteiger partial charge >= 0.3 is 11.9 Å². The zero-order valence-electron chi connectivity index (χ0n) is 23.3. The Labute approximate surface area is 246 Å². The van der Waals surface area contributed by atoms with Gasteiger partial charge in [0, 0.05) is 16.7 Å². The summed E-state index contributed by atoms with van der Waals surface area (Å²) in [4.78, 5) is 56.9. The van der Waals surface area contributed by atoms with Gasteiger partial charge in [-0.05, 0) is 58.8 Å². The average molecular weight is 590 g/mol. The highest BCUT2D eigenvalue weighted by molar-refractivity contribution is 7.13. The molecule has 2 aromatic heterocycles. The maximum Gasteiger partial charge on any atom is 0.328 e. The Morgan fingerprint density at radius 2 is 1.74 bits per heavy atom. The average Bonchev–Trinajstić information content (AvgIpc) is 3.54. The van der Waals surface area contributed by atoms with Crippen molar-refractivity contribution in [1.29, 1.82) is 0 Å². The topological polar surface area (TPSA) is 155 Å². The molecule has 0 saturated carbocycles. The minimum Gasteiger partial charge on any atom is -0.508 e. The number of methoxy groups -OCH3 is 1. The second-order valence-corrected chi connectivity index (χ2v) is 10.8. The second kappa shape index (κ2) is 13.3. The molecule has 4 rings (SSSR count). The SMILES string of the molecule is CCC(C)[C@H](NC(=O)c1cc(C(=O)NC(Cc2ccc(O)cc2)C(=O)OC)nc2ccc(-c3cccs3)cc12)C(=O)O. The monoisotopic (exact) mass is 589 g/mol. The number of hydrogen-bond donors (Lipinski definition) is 4. The molecule has 2 heterocycles. The van der Waals surface area contributed by atoms with Crippen LogP contribution in [0, 0.1) is 5.92 Å². The third kappa shape index (κ3) is 6.92. The van der Waals surface area contributed by atoms with Crippen molar-refractivity contribution < 1.29 is 34.1 Å². The van der Waals surface area contributed by atoms with Crippen LogP contribution in [-0.2, 0) is 20.7 Å². The smallest absolute Gasteiger partial charge is 0.328 e. The molecule has 0 aliphatic rings. The summed E-state index contributed by atoms with van der Waals surface area (Å²) in [5, 5.41) is 26.9. The van der Waals surface area contributed by atoms with E-state index >= 15 is 0 Å². The number of esters is 1. The zero-order chi connectivity index (χ0) is 30.4. The predicted molar refractivity (Wildman–Crippen MR) is 158 cm³/mol. The van der Waals surface area contributed by atoms with E-state index in [-0.39, 0.29) is 29.3 Å². The van der Waals surface area contributed by atoms with Crippen molar-refractivity contribution in [2.45, 2.75) is 38.8 Å². The van der Waals surface area contributed by atoms with Gasteiger partial charge in [-0.25, -0.2) is 14.6 Å². The molecule has 42 heavy (non-hydrogen) atoms. The molecule has 0 saturated heterocycles. The summed E-state index contributed by atoms with van der Waals surface area (Å²) in [6.07, 6.45) is 0.611. The standard InChI is InChI=1S/C31H31N3O7S/c1-4-17(2)27(30(38)39)34-28(36)22-16-24(32-23-12-9-19(15-21(22)23)26-6-5-13-42-26)29(37)33-25(31(40)41-3)14-18-7-10-20(35)11-8-18/h5-13,15-17,25,27,35H,4,14H2,1-3H3,(H,33,37)(H,34,36)(H,38,39)/t17?,25?,27-/m0/s1. The number of nitrogens with one attached hydrogen (secondary N) is 2. The number of amides is 2. The maximum absolute atomic E-state index is 13.6. The molecule has 218 valence electrons. The lowest BCUT2D eigenvalue weighted by molar-refractivity contribution is -0.143. The summed E-state index contributed by atoms with van der Waals surface area (Å²) in [6.45, 7) is 3.57. The Balaban J connectivity index is 1.73. The molecule has 11 heteroatoms. The minimum absolute atomic E-state index is 0.0595.